The quantitative estimate of drug-likeness (QED) is 0.314. The molecule has 1 rings (SSSR count). The molecule has 0 aromatic carbocycles. The molecular weight excluding hydrogens is 340 g/mol. The SMILES string of the molecule is CC(C)C[C@H](NC(=O)[C@H](CCCCNC(=O)O)NC(=O)C1CC1)C(N)=O. The Morgan fingerprint density at radius 3 is 2.23 bits per heavy atom. The number of amides is 4. The van der Waals surface area contributed by atoms with Crippen LogP contribution < -0.4 is 21.7 Å². The van der Waals surface area contributed by atoms with Gasteiger partial charge in [0.25, 0.3) is 0 Å². The molecule has 4 amide bonds. The molecule has 26 heavy (non-hydrogen) atoms. The van der Waals surface area contributed by atoms with Gasteiger partial charge in [-0.3, -0.25) is 14.4 Å². The third-order valence-corrected chi connectivity index (χ3v) is 4.14. The van der Waals surface area contributed by atoms with Crippen molar-refractivity contribution in [3.8, 4) is 0 Å². The predicted octanol–water partition coefficient (Wildman–Crippen LogP) is 0.335. The van der Waals surface area contributed by atoms with Crippen LogP contribution in [0.25, 0.3) is 0 Å². The number of hydrogen-bond donors (Lipinski definition) is 5. The largest absolute Gasteiger partial charge is 0.465 e. The molecule has 0 spiro atoms. The summed E-state index contributed by atoms with van der Waals surface area (Å²) in [6.07, 6.45) is 2.42. The van der Waals surface area contributed by atoms with Crippen LogP contribution in [0.15, 0.2) is 0 Å². The summed E-state index contributed by atoms with van der Waals surface area (Å²) in [5.41, 5.74) is 5.36. The van der Waals surface area contributed by atoms with Gasteiger partial charge in [0.15, 0.2) is 0 Å². The highest BCUT2D eigenvalue weighted by molar-refractivity contribution is 5.92. The second kappa shape index (κ2) is 10.6. The highest BCUT2D eigenvalue weighted by atomic mass is 16.4. The fourth-order valence-electron chi connectivity index (χ4n) is 2.56. The molecule has 0 aromatic heterocycles. The van der Waals surface area contributed by atoms with E-state index in [2.05, 4.69) is 16.0 Å². The second-order valence-electron chi connectivity index (χ2n) is 7.16. The van der Waals surface area contributed by atoms with Gasteiger partial charge in [-0.15, -0.1) is 0 Å². The number of primary amides is 1. The van der Waals surface area contributed by atoms with Crippen LogP contribution in [-0.4, -0.2) is 47.5 Å². The van der Waals surface area contributed by atoms with Crippen molar-refractivity contribution in [2.75, 3.05) is 6.54 Å². The third-order valence-electron chi connectivity index (χ3n) is 4.14. The first kappa shape index (κ1) is 21.7. The molecular formula is C17H30N4O5. The number of carbonyl (C=O) groups excluding carboxylic acids is 3. The molecule has 1 saturated carbocycles. The standard InChI is InChI=1S/C17H30N4O5/c1-10(2)9-13(14(18)22)21-16(24)12(20-15(23)11-6-7-11)5-3-4-8-19-17(25)26/h10-13,19H,3-9H2,1-2H3,(H2,18,22)(H,20,23)(H,21,24)(H,25,26)/t12-,13-/m0/s1. The van der Waals surface area contributed by atoms with Crippen LogP contribution in [0, 0.1) is 11.8 Å². The first-order valence-electron chi connectivity index (χ1n) is 9.07. The van der Waals surface area contributed by atoms with Gasteiger partial charge < -0.3 is 26.8 Å². The highest BCUT2D eigenvalue weighted by Crippen LogP contribution is 2.29. The van der Waals surface area contributed by atoms with Gasteiger partial charge in [-0.25, -0.2) is 4.79 Å². The highest BCUT2D eigenvalue weighted by Gasteiger charge is 2.33. The lowest BCUT2D eigenvalue weighted by Crippen LogP contribution is -2.53. The molecule has 0 unspecified atom stereocenters. The summed E-state index contributed by atoms with van der Waals surface area (Å²) in [7, 11) is 0. The topological polar surface area (TPSA) is 151 Å². The fraction of sp³-hybridized carbons (Fsp3) is 0.765. The molecule has 0 saturated heterocycles. The van der Waals surface area contributed by atoms with Crippen molar-refractivity contribution in [2.24, 2.45) is 17.6 Å². The normalized spacial score (nSPS) is 15.8. The van der Waals surface area contributed by atoms with E-state index in [1.54, 1.807) is 0 Å². The van der Waals surface area contributed by atoms with E-state index in [0.29, 0.717) is 25.7 Å². The first-order chi connectivity index (χ1) is 12.2. The summed E-state index contributed by atoms with van der Waals surface area (Å²) in [5, 5.41) is 16.2. The van der Waals surface area contributed by atoms with Gasteiger partial charge in [0.2, 0.25) is 17.7 Å². The van der Waals surface area contributed by atoms with Crippen molar-refractivity contribution >= 4 is 23.8 Å². The summed E-state index contributed by atoms with van der Waals surface area (Å²) >= 11 is 0. The maximum atomic E-state index is 12.5. The smallest absolute Gasteiger partial charge is 0.404 e. The summed E-state index contributed by atoms with van der Waals surface area (Å²) in [5.74, 6) is -1.07. The van der Waals surface area contributed by atoms with Gasteiger partial charge in [-0.2, -0.15) is 0 Å². The maximum absolute atomic E-state index is 12.5. The molecule has 9 nitrogen and oxygen atoms in total. The number of rotatable bonds is 12. The zero-order valence-corrected chi connectivity index (χ0v) is 15.4. The number of unbranched alkanes of at least 4 members (excludes halogenated alkanes) is 1. The summed E-state index contributed by atoms with van der Waals surface area (Å²) < 4.78 is 0. The lowest BCUT2D eigenvalue weighted by molar-refractivity contribution is -0.132. The molecule has 1 fully saturated rings. The van der Waals surface area contributed by atoms with E-state index in [-0.39, 0.29) is 24.3 Å². The van der Waals surface area contributed by atoms with E-state index in [0.717, 1.165) is 12.8 Å². The number of carboxylic acid groups (broad SMARTS) is 1. The maximum Gasteiger partial charge on any atom is 0.404 e. The molecule has 0 aromatic rings. The van der Waals surface area contributed by atoms with Crippen LogP contribution in [0.5, 0.6) is 0 Å². The summed E-state index contributed by atoms with van der Waals surface area (Å²) in [6, 6.07) is -1.54. The van der Waals surface area contributed by atoms with Crippen LogP contribution in [0.3, 0.4) is 0 Å². The molecule has 2 atom stereocenters. The molecule has 0 bridgehead atoms. The van der Waals surface area contributed by atoms with E-state index in [1.165, 1.54) is 0 Å². The van der Waals surface area contributed by atoms with Crippen molar-refractivity contribution in [3.05, 3.63) is 0 Å². The van der Waals surface area contributed by atoms with Crippen LogP contribution in [-0.2, 0) is 14.4 Å². The van der Waals surface area contributed by atoms with E-state index in [1.807, 2.05) is 13.8 Å². The van der Waals surface area contributed by atoms with E-state index in [9.17, 15) is 19.2 Å². The number of nitrogens with one attached hydrogen (secondary N) is 3. The summed E-state index contributed by atoms with van der Waals surface area (Å²) in [6.45, 7) is 4.12. The van der Waals surface area contributed by atoms with Gasteiger partial charge in [0.05, 0.1) is 0 Å². The molecule has 0 heterocycles. The fourth-order valence-corrected chi connectivity index (χ4v) is 2.56. The van der Waals surface area contributed by atoms with E-state index < -0.39 is 30.0 Å². The zero-order valence-electron chi connectivity index (χ0n) is 15.4. The number of nitrogens with two attached hydrogens (primary N) is 1. The average Bonchev–Trinajstić information content (AvgIpc) is 3.36. The lowest BCUT2D eigenvalue weighted by Gasteiger charge is -2.23. The van der Waals surface area contributed by atoms with Gasteiger partial charge in [-0.1, -0.05) is 13.8 Å². The van der Waals surface area contributed by atoms with Crippen molar-refractivity contribution < 1.29 is 24.3 Å². The summed E-state index contributed by atoms with van der Waals surface area (Å²) in [4.78, 5) is 46.6. The molecule has 0 aliphatic heterocycles. The minimum atomic E-state index is -1.10. The Hall–Kier alpha value is -2.32. The van der Waals surface area contributed by atoms with Crippen molar-refractivity contribution in [3.63, 3.8) is 0 Å². The third kappa shape index (κ3) is 8.68. The van der Waals surface area contributed by atoms with Gasteiger partial charge in [-0.05, 0) is 44.4 Å². The molecule has 1 aliphatic carbocycles. The van der Waals surface area contributed by atoms with Gasteiger partial charge >= 0.3 is 6.09 Å². The van der Waals surface area contributed by atoms with Crippen LogP contribution >= 0.6 is 0 Å². The molecule has 0 radical (unpaired) electrons. The Morgan fingerprint density at radius 2 is 1.73 bits per heavy atom. The predicted molar refractivity (Wildman–Crippen MR) is 95.1 cm³/mol. The zero-order chi connectivity index (χ0) is 19.7. The van der Waals surface area contributed by atoms with Crippen LogP contribution in [0.4, 0.5) is 4.79 Å². The van der Waals surface area contributed by atoms with Gasteiger partial charge in [0, 0.05) is 12.5 Å². The molecule has 1 aliphatic rings. The van der Waals surface area contributed by atoms with Crippen LogP contribution in [0.2, 0.25) is 0 Å². The average molecular weight is 370 g/mol. The van der Waals surface area contributed by atoms with E-state index in [4.69, 9.17) is 10.8 Å². The second-order valence-corrected chi connectivity index (χ2v) is 7.16. The van der Waals surface area contributed by atoms with Crippen LogP contribution in [0.1, 0.15) is 52.4 Å². The molecule has 148 valence electrons. The van der Waals surface area contributed by atoms with Gasteiger partial charge in [0.1, 0.15) is 12.1 Å². The van der Waals surface area contributed by atoms with E-state index >= 15 is 0 Å². The lowest BCUT2D eigenvalue weighted by atomic mass is 10.0. The minimum Gasteiger partial charge on any atom is -0.465 e. The van der Waals surface area contributed by atoms with Crippen molar-refractivity contribution in [2.45, 2.75) is 64.5 Å². The number of hydrogen-bond acceptors (Lipinski definition) is 4. The Kier molecular flexibility index (Phi) is 8.87. The van der Waals surface area contributed by atoms with Crippen molar-refractivity contribution in [1.82, 2.24) is 16.0 Å². The Labute approximate surface area is 153 Å². The minimum absolute atomic E-state index is 0.0402. The number of carbonyl (C=O) groups is 4. The molecule has 6 N–H and O–H groups in total. The monoisotopic (exact) mass is 370 g/mol. The molecule has 9 heteroatoms. The Bertz CT molecular complexity index is 519. The van der Waals surface area contributed by atoms with Crippen molar-refractivity contribution in [1.29, 1.82) is 0 Å². The first-order valence-corrected chi connectivity index (χ1v) is 9.07. The Morgan fingerprint density at radius 1 is 1.08 bits per heavy atom. The Balaban J connectivity index is 2.59.